The first-order chi connectivity index (χ1) is 7.66. The van der Waals surface area contributed by atoms with Crippen LogP contribution in [0.15, 0.2) is 5.38 Å². The normalized spacial score (nSPS) is 19.6. The van der Waals surface area contributed by atoms with Gasteiger partial charge in [0.25, 0.3) is 0 Å². The molecule has 4 nitrogen and oxygen atoms in total. The number of aryl methyl sites for hydroxylation is 1. The molecule has 0 bridgehead atoms. The molecule has 0 aromatic carbocycles. The summed E-state index contributed by atoms with van der Waals surface area (Å²) in [6, 6.07) is -0.0120. The Morgan fingerprint density at radius 3 is 2.83 bits per heavy atom. The Labute approximate surface area is 124 Å². The minimum Gasteiger partial charge on any atom is -0.347 e. The van der Waals surface area contributed by atoms with Gasteiger partial charge in [-0.3, -0.25) is 4.79 Å². The molecule has 2 atom stereocenters. The molecule has 1 fully saturated rings. The Morgan fingerprint density at radius 2 is 2.33 bits per heavy atom. The van der Waals surface area contributed by atoms with Gasteiger partial charge in [-0.05, 0) is 33.2 Å². The first-order valence-electron chi connectivity index (χ1n) is 5.62. The van der Waals surface area contributed by atoms with Crippen molar-refractivity contribution in [3.05, 3.63) is 16.1 Å². The van der Waals surface area contributed by atoms with Crippen LogP contribution in [0.5, 0.6) is 0 Å². The summed E-state index contributed by atoms with van der Waals surface area (Å²) in [5.74, 6) is 0.0932. The minimum absolute atomic E-state index is 0. The van der Waals surface area contributed by atoms with E-state index in [9.17, 15) is 4.79 Å². The molecule has 1 amide bonds. The van der Waals surface area contributed by atoms with Gasteiger partial charge in [-0.15, -0.1) is 36.2 Å². The number of rotatable bonds is 3. The van der Waals surface area contributed by atoms with Gasteiger partial charge in [-0.2, -0.15) is 0 Å². The summed E-state index contributed by atoms with van der Waals surface area (Å²) in [7, 11) is 0. The molecule has 0 aliphatic carbocycles. The smallest absolute Gasteiger partial charge is 0.237 e. The summed E-state index contributed by atoms with van der Waals surface area (Å²) in [4.78, 5) is 16.2. The summed E-state index contributed by atoms with van der Waals surface area (Å²) in [6.07, 6.45) is 2.02. The molecule has 1 aliphatic rings. The zero-order valence-corrected chi connectivity index (χ0v) is 12.9. The Bertz CT molecular complexity index is 380. The lowest BCUT2D eigenvalue weighted by atomic mass is 10.2. The van der Waals surface area contributed by atoms with Crippen molar-refractivity contribution in [3.8, 4) is 0 Å². The maximum absolute atomic E-state index is 11.8. The number of nitrogens with one attached hydrogen (secondary N) is 2. The van der Waals surface area contributed by atoms with Gasteiger partial charge in [0.2, 0.25) is 5.91 Å². The number of hydrogen-bond donors (Lipinski definition) is 2. The highest BCUT2D eigenvalue weighted by atomic mass is 35.5. The van der Waals surface area contributed by atoms with E-state index in [1.54, 1.807) is 11.3 Å². The second kappa shape index (κ2) is 7.94. The summed E-state index contributed by atoms with van der Waals surface area (Å²) in [5.41, 5.74) is 0.953. The molecule has 2 N–H and O–H groups in total. The molecule has 104 valence electrons. The second-order valence-electron chi connectivity index (χ2n) is 4.17. The van der Waals surface area contributed by atoms with E-state index in [1.807, 2.05) is 19.2 Å². The molecule has 1 saturated heterocycles. The van der Waals surface area contributed by atoms with E-state index in [0.29, 0.717) is 0 Å². The largest absolute Gasteiger partial charge is 0.347 e. The number of nitrogens with zero attached hydrogens (tertiary/aromatic N) is 1. The predicted molar refractivity (Wildman–Crippen MR) is 78.9 cm³/mol. The van der Waals surface area contributed by atoms with Crippen LogP contribution in [0.1, 0.15) is 36.5 Å². The van der Waals surface area contributed by atoms with Crippen LogP contribution in [-0.2, 0) is 4.79 Å². The Kier molecular flexibility index (Phi) is 7.78. The SMILES string of the molecule is Cc1nc(C(C)NC(=O)C2CCCN2)cs1.Cl.Cl. The molecule has 2 rings (SSSR count). The van der Waals surface area contributed by atoms with Gasteiger partial charge >= 0.3 is 0 Å². The number of carbonyl (C=O) groups excluding carboxylic acids is 1. The predicted octanol–water partition coefficient (Wildman–Crippen LogP) is 2.22. The highest BCUT2D eigenvalue weighted by Crippen LogP contribution is 2.16. The third-order valence-electron chi connectivity index (χ3n) is 2.82. The monoisotopic (exact) mass is 311 g/mol. The van der Waals surface area contributed by atoms with Crippen LogP contribution < -0.4 is 10.6 Å². The summed E-state index contributed by atoms with van der Waals surface area (Å²) in [6.45, 7) is 4.89. The van der Waals surface area contributed by atoms with Crippen LogP contribution in [0.25, 0.3) is 0 Å². The third kappa shape index (κ3) is 4.39. The van der Waals surface area contributed by atoms with E-state index in [-0.39, 0.29) is 42.8 Å². The number of carbonyl (C=O) groups is 1. The zero-order chi connectivity index (χ0) is 11.5. The van der Waals surface area contributed by atoms with Crippen LogP contribution in [0.2, 0.25) is 0 Å². The van der Waals surface area contributed by atoms with Crippen LogP contribution in [0.4, 0.5) is 0 Å². The standard InChI is InChI=1S/C11H17N3OS.2ClH/c1-7(10-6-16-8(2)14-10)13-11(15)9-4-3-5-12-9;;/h6-7,9,12H,3-5H2,1-2H3,(H,13,15);2*1H. The van der Waals surface area contributed by atoms with Crippen molar-refractivity contribution in [3.63, 3.8) is 0 Å². The number of hydrogen-bond acceptors (Lipinski definition) is 4. The zero-order valence-electron chi connectivity index (χ0n) is 10.4. The van der Waals surface area contributed by atoms with Gasteiger partial charge in [0.1, 0.15) is 0 Å². The lowest BCUT2D eigenvalue weighted by Gasteiger charge is -2.15. The van der Waals surface area contributed by atoms with E-state index >= 15 is 0 Å². The van der Waals surface area contributed by atoms with Crippen molar-refractivity contribution in [1.29, 1.82) is 0 Å². The quantitative estimate of drug-likeness (QED) is 0.900. The number of halogens is 2. The van der Waals surface area contributed by atoms with Crippen LogP contribution in [0, 0.1) is 6.92 Å². The average molecular weight is 312 g/mol. The highest BCUT2D eigenvalue weighted by Gasteiger charge is 2.23. The molecule has 18 heavy (non-hydrogen) atoms. The second-order valence-corrected chi connectivity index (χ2v) is 5.23. The van der Waals surface area contributed by atoms with E-state index in [1.165, 1.54) is 0 Å². The van der Waals surface area contributed by atoms with Crippen molar-refractivity contribution in [2.45, 2.75) is 38.8 Å². The maximum atomic E-state index is 11.8. The maximum Gasteiger partial charge on any atom is 0.237 e. The van der Waals surface area contributed by atoms with Crippen molar-refractivity contribution in [2.24, 2.45) is 0 Å². The Balaban J connectivity index is 0.00000144. The topological polar surface area (TPSA) is 54.0 Å². The van der Waals surface area contributed by atoms with Crippen molar-refractivity contribution >= 4 is 42.1 Å². The first-order valence-corrected chi connectivity index (χ1v) is 6.50. The fraction of sp³-hybridized carbons (Fsp3) is 0.636. The molecular weight excluding hydrogens is 293 g/mol. The fourth-order valence-corrected chi connectivity index (χ4v) is 2.58. The van der Waals surface area contributed by atoms with Gasteiger partial charge in [0.15, 0.2) is 0 Å². The fourth-order valence-electron chi connectivity index (χ4n) is 1.88. The average Bonchev–Trinajstić information content (AvgIpc) is 2.87. The molecule has 7 heteroatoms. The van der Waals surface area contributed by atoms with E-state index in [2.05, 4.69) is 15.6 Å². The van der Waals surface area contributed by atoms with E-state index in [0.717, 1.165) is 30.1 Å². The van der Waals surface area contributed by atoms with Gasteiger partial charge in [-0.1, -0.05) is 0 Å². The van der Waals surface area contributed by atoms with Gasteiger partial charge in [0, 0.05) is 5.38 Å². The highest BCUT2D eigenvalue weighted by molar-refractivity contribution is 7.09. The van der Waals surface area contributed by atoms with E-state index in [4.69, 9.17) is 0 Å². The van der Waals surface area contributed by atoms with Gasteiger partial charge in [0.05, 0.1) is 22.8 Å². The lowest BCUT2D eigenvalue weighted by molar-refractivity contribution is -0.123. The van der Waals surface area contributed by atoms with Crippen LogP contribution >= 0.6 is 36.2 Å². The van der Waals surface area contributed by atoms with Crippen molar-refractivity contribution < 1.29 is 4.79 Å². The van der Waals surface area contributed by atoms with Crippen LogP contribution in [-0.4, -0.2) is 23.5 Å². The summed E-state index contributed by atoms with van der Waals surface area (Å²) in [5, 5.41) is 9.22. The molecule has 0 saturated carbocycles. The van der Waals surface area contributed by atoms with Gasteiger partial charge in [-0.25, -0.2) is 4.98 Å². The Morgan fingerprint density at radius 1 is 1.61 bits per heavy atom. The summed E-state index contributed by atoms with van der Waals surface area (Å²) >= 11 is 1.61. The van der Waals surface area contributed by atoms with Crippen molar-refractivity contribution in [2.75, 3.05) is 6.54 Å². The molecule has 1 aromatic heterocycles. The molecular formula is C11H19Cl2N3OS. The molecule has 1 aliphatic heterocycles. The molecule has 1 aromatic rings. The lowest BCUT2D eigenvalue weighted by Crippen LogP contribution is -2.41. The van der Waals surface area contributed by atoms with Gasteiger partial charge < -0.3 is 10.6 Å². The summed E-state index contributed by atoms with van der Waals surface area (Å²) < 4.78 is 0. The Hall–Kier alpha value is -0.360. The minimum atomic E-state index is -0.0119. The molecule has 0 spiro atoms. The molecule has 0 radical (unpaired) electrons. The number of aromatic nitrogens is 1. The van der Waals surface area contributed by atoms with Crippen LogP contribution in [0.3, 0.4) is 0 Å². The molecule has 2 heterocycles. The third-order valence-corrected chi connectivity index (χ3v) is 3.61. The number of thiazole rings is 1. The molecule has 2 unspecified atom stereocenters. The number of amides is 1. The van der Waals surface area contributed by atoms with E-state index < -0.39 is 0 Å². The van der Waals surface area contributed by atoms with Crippen molar-refractivity contribution in [1.82, 2.24) is 15.6 Å². The first kappa shape index (κ1) is 17.6.